The van der Waals surface area contributed by atoms with Crippen molar-refractivity contribution >= 4 is 5.91 Å². The molecule has 0 saturated heterocycles. The van der Waals surface area contributed by atoms with E-state index in [2.05, 4.69) is 5.32 Å². The minimum absolute atomic E-state index is 0.271. The van der Waals surface area contributed by atoms with Gasteiger partial charge in [-0.1, -0.05) is 27.7 Å². The number of nitrogens with zero attached hydrogens (tertiary/aromatic N) is 2. The predicted octanol–water partition coefficient (Wildman–Crippen LogP) is 2.19. The Balaban J connectivity index is 3.88. The normalized spacial score (nSPS) is 11.3. The monoisotopic (exact) mass is 339 g/mol. The van der Waals surface area contributed by atoms with Gasteiger partial charge in [0.05, 0.1) is 0 Å². The summed E-state index contributed by atoms with van der Waals surface area (Å²) in [4.78, 5) is 38.0. The lowest BCUT2D eigenvalue weighted by atomic mass is 10.1. The van der Waals surface area contributed by atoms with Crippen LogP contribution in [-0.4, -0.2) is 26.7 Å². The Hall–Kier alpha value is -2.05. The van der Waals surface area contributed by atoms with E-state index < -0.39 is 23.0 Å². The molecule has 0 aromatic carbocycles. The van der Waals surface area contributed by atoms with Gasteiger partial charge < -0.3 is 10.4 Å². The Labute approximate surface area is 142 Å². The zero-order valence-corrected chi connectivity index (χ0v) is 15.3. The van der Waals surface area contributed by atoms with Crippen LogP contribution in [0, 0.1) is 0 Å². The van der Waals surface area contributed by atoms with Crippen LogP contribution < -0.4 is 16.6 Å². The molecule has 2 N–H and O–H groups in total. The standard InChI is InChI=1S/C17H29N3O4/c1-6-11(7-2)19-15(22)13(14(21)18-10-5)16(23)20(17(19)24)12(8-3)9-4/h11-12,22H,6-10H2,1-5H3,(H,18,21). The van der Waals surface area contributed by atoms with Crippen molar-refractivity contribution in [2.75, 3.05) is 6.54 Å². The highest BCUT2D eigenvalue weighted by atomic mass is 16.3. The number of aromatic nitrogens is 2. The first kappa shape index (κ1) is 20.0. The van der Waals surface area contributed by atoms with E-state index in [1.54, 1.807) is 6.92 Å². The fraction of sp³-hybridized carbons (Fsp3) is 0.706. The second-order valence-corrected chi connectivity index (χ2v) is 5.83. The highest BCUT2D eigenvalue weighted by Gasteiger charge is 2.28. The van der Waals surface area contributed by atoms with Gasteiger partial charge >= 0.3 is 5.69 Å². The van der Waals surface area contributed by atoms with Crippen molar-refractivity contribution < 1.29 is 9.90 Å². The van der Waals surface area contributed by atoms with Gasteiger partial charge in [-0.05, 0) is 32.6 Å². The molecule has 0 spiro atoms. The third-order valence-electron chi connectivity index (χ3n) is 4.48. The maximum absolute atomic E-state index is 12.9. The fourth-order valence-electron chi connectivity index (χ4n) is 3.04. The molecular formula is C17H29N3O4. The van der Waals surface area contributed by atoms with Gasteiger partial charge in [0.15, 0.2) is 5.56 Å². The summed E-state index contributed by atoms with van der Waals surface area (Å²) in [5.74, 6) is -1.19. The predicted molar refractivity (Wildman–Crippen MR) is 93.9 cm³/mol. The van der Waals surface area contributed by atoms with E-state index in [0.717, 1.165) is 4.57 Å². The van der Waals surface area contributed by atoms with E-state index in [9.17, 15) is 19.5 Å². The van der Waals surface area contributed by atoms with Crippen LogP contribution >= 0.6 is 0 Å². The van der Waals surface area contributed by atoms with Gasteiger partial charge in [0.1, 0.15) is 0 Å². The summed E-state index contributed by atoms with van der Waals surface area (Å²) in [6.45, 7) is 9.63. The first-order valence-electron chi connectivity index (χ1n) is 8.77. The smallest absolute Gasteiger partial charge is 0.334 e. The molecule has 1 rings (SSSR count). The molecule has 1 amide bonds. The van der Waals surface area contributed by atoms with E-state index in [0.29, 0.717) is 32.2 Å². The molecule has 0 saturated carbocycles. The number of aromatic hydroxyl groups is 1. The molecule has 0 fully saturated rings. The summed E-state index contributed by atoms with van der Waals surface area (Å²) in [7, 11) is 0. The summed E-state index contributed by atoms with van der Waals surface area (Å²) >= 11 is 0. The Morgan fingerprint density at radius 1 is 0.958 bits per heavy atom. The molecule has 1 heterocycles. The average molecular weight is 339 g/mol. The van der Waals surface area contributed by atoms with Crippen LogP contribution in [0.1, 0.15) is 82.7 Å². The average Bonchev–Trinajstić information content (AvgIpc) is 2.55. The molecule has 0 atom stereocenters. The van der Waals surface area contributed by atoms with Gasteiger partial charge in [0.25, 0.3) is 11.5 Å². The second-order valence-electron chi connectivity index (χ2n) is 5.83. The summed E-state index contributed by atoms with van der Waals surface area (Å²) < 4.78 is 2.33. The third-order valence-corrected chi connectivity index (χ3v) is 4.48. The van der Waals surface area contributed by atoms with E-state index in [-0.39, 0.29) is 17.6 Å². The van der Waals surface area contributed by atoms with Crippen LogP contribution in [0.25, 0.3) is 0 Å². The molecule has 0 aliphatic heterocycles. The lowest BCUT2D eigenvalue weighted by Crippen LogP contribution is -2.46. The molecule has 7 nitrogen and oxygen atoms in total. The van der Waals surface area contributed by atoms with Crippen molar-refractivity contribution in [3.63, 3.8) is 0 Å². The molecule has 1 aromatic rings. The van der Waals surface area contributed by atoms with Crippen LogP contribution in [0.2, 0.25) is 0 Å². The first-order valence-corrected chi connectivity index (χ1v) is 8.77. The summed E-state index contributed by atoms with van der Waals surface area (Å²) in [5, 5.41) is 13.1. The molecule has 0 aliphatic carbocycles. The van der Waals surface area contributed by atoms with Crippen LogP contribution in [-0.2, 0) is 0 Å². The number of rotatable bonds is 8. The second kappa shape index (κ2) is 8.70. The fourth-order valence-corrected chi connectivity index (χ4v) is 3.04. The van der Waals surface area contributed by atoms with Crippen molar-refractivity contribution in [2.24, 2.45) is 0 Å². The number of hydrogen-bond acceptors (Lipinski definition) is 4. The SMILES string of the molecule is CCNC(=O)c1c(O)n(C(CC)CC)c(=O)n(C(CC)CC)c1=O. The molecule has 0 radical (unpaired) electrons. The molecule has 7 heteroatoms. The quantitative estimate of drug-likeness (QED) is 0.759. The molecular weight excluding hydrogens is 310 g/mol. The number of carbonyl (C=O) groups is 1. The maximum Gasteiger partial charge on any atom is 0.334 e. The lowest BCUT2D eigenvalue weighted by Gasteiger charge is -2.24. The summed E-state index contributed by atoms with van der Waals surface area (Å²) in [6, 6.07) is -0.578. The van der Waals surface area contributed by atoms with Gasteiger partial charge in [-0.15, -0.1) is 0 Å². The zero-order chi connectivity index (χ0) is 18.4. The number of carbonyl (C=O) groups excluding carboxylic acids is 1. The van der Waals surface area contributed by atoms with E-state index in [1.807, 2.05) is 27.7 Å². The number of amides is 1. The lowest BCUT2D eigenvalue weighted by molar-refractivity contribution is 0.0947. The van der Waals surface area contributed by atoms with Gasteiger partial charge in [0.2, 0.25) is 5.88 Å². The largest absolute Gasteiger partial charge is 0.494 e. The maximum atomic E-state index is 12.9. The Morgan fingerprint density at radius 2 is 1.42 bits per heavy atom. The van der Waals surface area contributed by atoms with Crippen LogP contribution in [0.4, 0.5) is 0 Å². The van der Waals surface area contributed by atoms with Crippen molar-refractivity contribution in [1.29, 1.82) is 0 Å². The molecule has 1 aromatic heterocycles. The molecule has 0 unspecified atom stereocenters. The van der Waals surface area contributed by atoms with Gasteiger partial charge in [-0.3, -0.25) is 18.7 Å². The number of hydrogen-bond donors (Lipinski definition) is 2. The first-order chi connectivity index (χ1) is 11.4. The Morgan fingerprint density at radius 3 is 1.83 bits per heavy atom. The van der Waals surface area contributed by atoms with Crippen LogP contribution in [0.15, 0.2) is 9.59 Å². The molecule has 0 bridgehead atoms. The van der Waals surface area contributed by atoms with Crippen LogP contribution in [0.3, 0.4) is 0 Å². The van der Waals surface area contributed by atoms with Gasteiger partial charge in [-0.25, -0.2) is 4.79 Å². The topological polar surface area (TPSA) is 93.3 Å². The highest BCUT2D eigenvalue weighted by molar-refractivity contribution is 5.95. The van der Waals surface area contributed by atoms with Crippen LogP contribution in [0.5, 0.6) is 5.88 Å². The number of nitrogens with one attached hydrogen (secondary N) is 1. The van der Waals surface area contributed by atoms with E-state index >= 15 is 0 Å². The molecule has 0 aliphatic rings. The minimum atomic E-state index is -0.723. The Kier molecular flexibility index (Phi) is 7.25. The van der Waals surface area contributed by atoms with Gasteiger partial charge in [0, 0.05) is 18.6 Å². The summed E-state index contributed by atoms with van der Waals surface area (Å²) in [6.07, 6.45) is 2.40. The van der Waals surface area contributed by atoms with Gasteiger partial charge in [-0.2, -0.15) is 0 Å². The molecule has 136 valence electrons. The summed E-state index contributed by atoms with van der Waals surface area (Å²) in [5.41, 5.74) is -1.62. The molecule has 24 heavy (non-hydrogen) atoms. The van der Waals surface area contributed by atoms with Crippen molar-refractivity contribution in [3.8, 4) is 5.88 Å². The third kappa shape index (κ3) is 3.55. The minimum Gasteiger partial charge on any atom is -0.494 e. The Bertz CT molecular complexity index is 682. The van der Waals surface area contributed by atoms with E-state index in [1.165, 1.54) is 4.57 Å². The van der Waals surface area contributed by atoms with E-state index in [4.69, 9.17) is 0 Å². The van der Waals surface area contributed by atoms with Crippen molar-refractivity contribution in [2.45, 2.75) is 72.4 Å². The highest BCUT2D eigenvalue weighted by Crippen LogP contribution is 2.23. The van der Waals surface area contributed by atoms with Crippen molar-refractivity contribution in [3.05, 3.63) is 26.4 Å². The zero-order valence-electron chi connectivity index (χ0n) is 15.3. The van der Waals surface area contributed by atoms with Crippen molar-refractivity contribution in [1.82, 2.24) is 14.5 Å².